The molecule has 1 heterocycles. The smallest absolute Gasteiger partial charge is 0.379 e. The first-order chi connectivity index (χ1) is 12.0. The molecule has 1 amide bonds. The highest BCUT2D eigenvalue weighted by atomic mass is 127. The minimum Gasteiger partial charge on any atom is -0.379 e. The van der Waals surface area contributed by atoms with E-state index in [1.165, 1.54) is 0 Å². The summed E-state index contributed by atoms with van der Waals surface area (Å²) in [7, 11) is 1.12. The number of rotatable bonds is 7. The molecule has 27 heavy (non-hydrogen) atoms. The molecule has 1 aliphatic heterocycles. The Kier molecular flexibility index (Phi) is 11.5. The molecule has 1 fully saturated rings. The van der Waals surface area contributed by atoms with Gasteiger partial charge in [0.1, 0.15) is 13.1 Å². The molecule has 0 aromatic rings. The van der Waals surface area contributed by atoms with Crippen molar-refractivity contribution in [3.05, 3.63) is 0 Å². The van der Waals surface area contributed by atoms with Crippen LogP contribution in [0.5, 0.6) is 0 Å². The zero-order chi connectivity index (χ0) is 19.8. The molecule has 0 aliphatic carbocycles. The van der Waals surface area contributed by atoms with E-state index in [0.717, 1.165) is 20.1 Å². The number of guanidine groups is 1. The molecular weight excluding hydrogens is 478 g/mol. The Hall–Kier alpha value is -0.820. The zero-order valence-electron chi connectivity index (χ0n) is 16.4. The Morgan fingerprint density at radius 1 is 1.22 bits per heavy atom. The Balaban J connectivity index is 0.00000676. The predicted molar refractivity (Wildman–Crippen MR) is 110 cm³/mol. The van der Waals surface area contributed by atoms with Crippen LogP contribution < -0.4 is 10.6 Å². The summed E-state index contributed by atoms with van der Waals surface area (Å²) in [5.41, 5.74) is -0.156. The molecule has 11 heteroatoms. The van der Waals surface area contributed by atoms with Gasteiger partial charge in [-0.25, -0.2) is 4.99 Å². The van der Waals surface area contributed by atoms with Crippen LogP contribution in [0.2, 0.25) is 0 Å². The van der Waals surface area contributed by atoms with Crippen LogP contribution in [-0.2, 0) is 9.53 Å². The molecule has 0 aromatic carbocycles. The minimum atomic E-state index is -4.42. The van der Waals surface area contributed by atoms with Crippen molar-refractivity contribution >= 4 is 35.8 Å². The lowest BCUT2D eigenvalue weighted by Gasteiger charge is -2.41. The van der Waals surface area contributed by atoms with E-state index in [-0.39, 0.29) is 36.1 Å². The first-order valence-corrected chi connectivity index (χ1v) is 8.71. The summed E-state index contributed by atoms with van der Waals surface area (Å²) in [6.45, 7) is 8.65. The molecule has 2 N–H and O–H groups in total. The lowest BCUT2D eigenvalue weighted by molar-refractivity contribution is -0.157. The van der Waals surface area contributed by atoms with Crippen LogP contribution in [-0.4, -0.2) is 92.9 Å². The van der Waals surface area contributed by atoms with Crippen LogP contribution in [0.25, 0.3) is 0 Å². The van der Waals surface area contributed by atoms with Gasteiger partial charge in [0.2, 0.25) is 5.91 Å². The molecule has 1 saturated heterocycles. The van der Waals surface area contributed by atoms with E-state index in [1.807, 2.05) is 6.92 Å². The van der Waals surface area contributed by atoms with Crippen molar-refractivity contribution in [2.75, 3.05) is 59.5 Å². The van der Waals surface area contributed by atoms with Gasteiger partial charge < -0.3 is 20.3 Å². The van der Waals surface area contributed by atoms with Crippen LogP contribution in [0.1, 0.15) is 20.8 Å². The number of amides is 1. The normalized spacial score (nSPS) is 16.5. The maximum atomic E-state index is 12.3. The van der Waals surface area contributed by atoms with Crippen molar-refractivity contribution < 1.29 is 22.7 Å². The SMILES string of the molecule is CCNC(=NCC(=O)N(C)CC(F)(F)F)NCC(C)(C)N1CCOCC1.I. The van der Waals surface area contributed by atoms with Crippen LogP contribution in [0.15, 0.2) is 4.99 Å². The Bertz CT molecular complexity index is 483. The summed E-state index contributed by atoms with van der Waals surface area (Å²) < 4.78 is 42.4. The second-order valence-corrected chi connectivity index (χ2v) is 6.83. The van der Waals surface area contributed by atoms with Gasteiger partial charge in [-0.3, -0.25) is 9.69 Å². The van der Waals surface area contributed by atoms with Crippen LogP contribution >= 0.6 is 24.0 Å². The Morgan fingerprint density at radius 3 is 2.33 bits per heavy atom. The number of aliphatic imine (C=N–C) groups is 1. The average Bonchev–Trinajstić information content (AvgIpc) is 2.56. The molecular formula is C16H31F3IN5O2. The zero-order valence-corrected chi connectivity index (χ0v) is 18.7. The van der Waals surface area contributed by atoms with Crippen molar-refractivity contribution in [3.8, 4) is 0 Å². The summed E-state index contributed by atoms with van der Waals surface area (Å²) in [6.07, 6.45) is -4.42. The first kappa shape index (κ1) is 26.2. The summed E-state index contributed by atoms with van der Waals surface area (Å²) in [4.78, 5) is 18.9. The second kappa shape index (κ2) is 11.9. The van der Waals surface area contributed by atoms with Gasteiger partial charge in [-0.15, -0.1) is 24.0 Å². The quantitative estimate of drug-likeness (QED) is 0.308. The summed E-state index contributed by atoms with van der Waals surface area (Å²) in [5.74, 6) is -0.283. The second-order valence-electron chi connectivity index (χ2n) is 6.83. The van der Waals surface area contributed by atoms with Crippen molar-refractivity contribution in [2.24, 2.45) is 4.99 Å². The van der Waals surface area contributed by atoms with Gasteiger partial charge in [-0.2, -0.15) is 13.2 Å². The van der Waals surface area contributed by atoms with Gasteiger partial charge in [0, 0.05) is 38.8 Å². The molecule has 0 unspecified atom stereocenters. The van der Waals surface area contributed by atoms with E-state index in [0.29, 0.717) is 37.2 Å². The third-order valence-electron chi connectivity index (χ3n) is 4.11. The molecule has 0 bridgehead atoms. The maximum Gasteiger partial charge on any atom is 0.406 e. The highest BCUT2D eigenvalue weighted by Crippen LogP contribution is 2.16. The van der Waals surface area contributed by atoms with Gasteiger partial charge in [-0.1, -0.05) is 0 Å². The number of carbonyl (C=O) groups excluding carboxylic acids is 1. The topological polar surface area (TPSA) is 69.2 Å². The number of hydrogen-bond donors (Lipinski definition) is 2. The summed E-state index contributed by atoms with van der Waals surface area (Å²) in [6, 6.07) is 0. The van der Waals surface area contributed by atoms with E-state index in [9.17, 15) is 18.0 Å². The van der Waals surface area contributed by atoms with Gasteiger partial charge >= 0.3 is 6.18 Å². The van der Waals surface area contributed by atoms with Gasteiger partial charge in [0.15, 0.2) is 5.96 Å². The first-order valence-electron chi connectivity index (χ1n) is 8.71. The van der Waals surface area contributed by atoms with Crippen LogP contribution in [0.3, 0.4) is 0 Å². The number of nitrogens with one attached hydrogen (secondary N) is 2. The maximum absolute atomic E-state index is 12.3. The fourth-order valence-electron chi connectivity index (χ4n) is 2.55. The number of carbonyl (C=O) groups is 1. The van der Waals surface area contributed by atoms with E-state index in [4.69, 9.17) is 4.74 Å². The average molecular weight is 509 g/mol. The highest BCUT2D eigenvalue weighted by molar-refractivity contribution is 14.0. The van der Waals surface area contributed by atoms with Gasteiger partial charge in [0.05, 0.1) is 13.2 Å². The number of alkyl halides is 3. The van der Waals surface area contributed by atoms with Gasteiger partial charge in [0.25, 0.3) is 0 Å². The van der Waals surface area contributed by atoms with Crippen molar-refractivity contribution in [3.63, 3.8) is 0 Å². The number of ether oxygens (including phenoxy) is 1. The summed E-state index contributed by atoms with van der Waals surface area (Å²) in [5, 5.41) is 6.17. The third kappa shape index (κ3) is 10.3. The number of morpholine rings is 1. The van der Waals surface area contributed by atoms with E-state index in [2.05, 4.69) is 34.4 Å². The summed E-state index contributed by atoms with van der Waals surface area (Å²) >= 11 is 0. The van der Waals surface area contributed by atoms with Gasteiger partial charge in [-0.05, 0) is 20.8 Å². The molecule has 7 nitrogen and oxygen atoms in total. The molecule has 0 radical (unpaired) electrons. The Labute approximate surface area is 176 Å². The molecule has 160 valence electrons. The highest BCUT2D eigenvalue weighted by Gasteiger charge is 2.31. The number of hydrogen-bond acceptors (Lipinski definition) is 4. The lowest BCUT2D eigenvalue weighted by atomic mass is 10.0. The van der Waals surface area contributed by atoms with E-state index >= 15 is 0 Å². The molecule has 0 saturated carbocycles. The van der Waals surface area contributed by atoms with Crippen molar-refractivity contribution in [2.45, 2.75) is 32.5 Å². The molecule has 0 atom stereocenters. The van der Waals surface area contributed by atoms with Crippen molar-refractivity contribution in [1.82, 2.24) is 20.4 Å². The fraction of sp³-hybridized carbons (Fsp3) is 0.875. The molecule has 1 aliphatic rings. The fourth-order valence-corrected chi connectivity index (χ4v) is 2.55. The van der Waals surface area contributed by atoms with Crippen LogP contribution in [0, 0.1) is 0 Å². The number of nitrogens with zero attached hydrogens (tertiary/aromatic N) is 3. The molecule has 1 rings (SSSR count). The largest absolute Gasteiger partial charge is 0.406 e. The van der Waals surface area contributed by atoms with E-state index < -0.39 is 18.6 Å². The minimum absolute atomic E-state index is 0. The number of halogens is 4. The Morgan fingerprint density at radius 2 is 1.81 bits per heavy atom. The monoisotopic (exact) mass is 509 g/mol. The molecule has 0 aromatic heterocycles. The lowest BCUT2D eigenvalue weighted by Crippen LogP contribution is -2.56. The van der Waals surface area contributed by atoms with E-state index in [1.54, 1.807) is 0 Å². The van der Waals surface area contributed by atoms with Crippen LogP contribution in [0.4, 0.5) is 13.2 Å². The molecule has 0 spiro atoms. The van der Waals surface area contributed by atoms with Crippen molar-refractivity contribution in [1.29, 1.82) is 0 Å². The standard InChI is InChI=1S/C16H30F3N5O2.HI/c1-5-20-14(21-10-13(25)23(4)12-16(17,18)19)22-11-15(2,3)24-6-8-26-9-7-24;/h5-12H2,1-4H3,(H2,20,21,22);1H. The number of likely N-dealkylation sites (N-methyl/N-ethyl adjacent to an activating group) is 1. The predicted octanol–water partition coefficient (Wildman–Crippen LogP) is 1.29. The third-order valence-corrected chi connectivity index (χ3v) is 4.11.